The predicted molar refractivity (Wildman–Crippen MR) is 123 cm³/mol. The maximum atomic E-state index is 14.4. The van der Waals surface area contributed by atoms with Crippen molar-refractivity contribution in [3.8, 4) is 22.5 Å². The molecule has 2 aromatic heterocycles. The Kier molecular flexibility index (Phi) is 5.76. The SMILES string of the molecule is CN(C(=O)OC(C)(C)C)c1nc(-c2cccnc2)nc2cc(-c3cc(F)ccc3F)ccc12. The molecule has 4 aromatic rings. The molecule has 168 valence electrons. The van der Waals surface area contributed by atoms with Gasteiger partial charge in [-0.3, -0.25) is 9.88 Å². The molecule has 4 rings (SSSR count). The molecular weight excluding hydrogens is 426 g/mol. The number of carbonyl (C=O) groups is 1. The number of halogens is 2. The van der Waals surface area contributed by atoms with Gasteiger partial charge in [0.1, 0.15) is 23.1 Å². The highest BCUT2D eigenvalue weighted by Crippen LogP contribution is 2.32. The van der Waals surface area contributed by atoms with Gasteiger partial charge in [-0.25, -0.2) is 23.5 Å². The van der Waals surface area contributed by atoms with Gasteiger partial charge < -0.3 is 4.74 Å². The molecule has 0 spiro atoms. The topological polar surface area (TPSA) is 68.2 Å². The first-order chi connectivity index (χ1) is 15.6. The second kappa shape index (κ2) is 8.54. The van der Waals surface area contributed by atoms with E-state index in [-0.39, 0.29) is 5.56 Å². The third-order valence-corrected chi connectivity index (χ3v) is 4.82. The van der Waals surface area contributed by atoms with Crippen molar-refractivity contribution in [2.24, 2.45) is 0 Å². The molecule has 0 atom stereocenters. The van der Waals surface area contributed by atoms with Gasteiger partial charge in [0.05, 0.1) is 5.52 Å². The zero-order valence-corrected chi connectivity index (χ0v) is 18.6. The van der Waals surface area contributed by atoms with Crippen molar-refractivity contribution in [2.75, 3.05) is 11.9 Å². The average Bonchev–Trinajstić information content (AvgIpc) is 2.78. The van der Waals surface area contributed by atoms with Crippen LogP contribution in [-0.4, -0.2) is 33.7 Å². The monoisotopic (exact) mass is 448 g/mol. The summed E-state index contributed by atoms with van der Waals surface area (Å²) in [5.74, 6) is -0.448. The van der Waals surface area contributed by atoms with E-state index in [0.29, 0.717) is 33.7 Å². The number of hydrogen-bond donors (Lipinski definition) is 0. The lowest BCUT2D eigenvalue weighted by atomic mass is 10.0. The van der Waals surface area contributed by atoms with Crippen LogP contribution >= 0.6 is 0 Å². The van der Waals surface area contributed by atoms with Gasteiger partial charge in [0.15, 0.2) is 5.82 Å². The Bertz CT molecular complexity index is 1340. The summed E-state index contributed by atoms with van der Waals surface area (Å²) in [5.41, 5.74) is 0.959. The summed E-state index contributed by atoms with van der Waals surface area (Å²) in [6, 6.07) is 11.8. The van der Waals surface area contributed by atoms with E-state index in [1.54, 1.807) is 70.5 Å². The van der Waals surface area contributed by atoms with Gasteiger partial charge in [-0.2, -0.15) is 0 Å². The first-order valence-electron chi connectivity index (χ1n) is 10.3. The fourth-order valence-electron chi connectivity index (χ4n) is 3.30. The second-order valence-electron chi connectivity index (χ2n) is 8.51. The Hall–Kier alpha value is -3.94. The number of anilines is 1. The Labute approximate surface area is 189 Å². The summed E-state index contributed by atoms with van der Waals surface area (Å²) in [6.45, 7) is 5.33. The van der Waals surface area contributed by atoms with Gasteiger partial charge in [0, 0.05) is 36.0 Å². The number of aromatic nitrogens is 3. The van der Waals surface area contributed by atoms with Gasteiger partial charge in [0.2, 0.25) is 0 Å². The fourth-order valence-corrected chi connectivity index (χ4v) is 3.30. The van der Waals surface area contributed by atoms with E-state index in [2.05, 4.69) is 15.0 Å². The number of rotatable bonds is 3. The Morgan fingerprint density at radius 1 is 1.00 bits per heavy atom. The Balaban J connectivity index is 1.91. The van der Waals surface area contributed by atoms with Gasteiger partial charge in [-0.15, -0.1) is 0 Å². The van der Waals surface area contributed by atoms with Crippen molar-refractivity contribution in [1.82, 2.24) is 15.0 Å². The van der Waals surface area contributed by atoms with Crippen LogP contribution in [0.4, 0.5) is 19.4 Å². The van der Waals surface area contributed by atoms with Crippen molar-refractivity contribution in [2.45, 2.75) is 26.4 Å². The van der Waals surface area contributed by atoms with Crippen LogP contribution in [0.3, 0.4) is 0 Å². The number of nitrogens with zero attached hydrogens (tertiary/aromatic N) is 4. The zero-order chi connectivity index (χ0) is 23.8. The molecule has 2 heterocycles. The second-order valence-corrected chi connectivity index (χ2v) is 8.51. The molecule has 0 aliphatic heterocycles. The minimum Gasteiger partial charge on any atom is -0.443 e. The predicted octanol–water partition coefficient (Wildman–Crippen LogP) is 6.01. The van der Waals surface area contributed by atoms with Crippen molar-refractivity contribution in [3.63, 3.8) is 0 Å². The smallest absolute Gasteiger partial charge is 0.415 e. The van der Waals surface area contributed by atoms with E-state index < -0.39 is 23.3 Å². The van der Waals surface area contributed by atoms with E-state index in [0.717, 1.165) is 18.2 Å². The quantitative estimate of drug-likeness (QED) is 0.384. The van der Waals surface area contributed by atoms with E-state index in [1.165, 1.54) is 4.90 Å². The highest BCUT2D eigenvalue weighted by molar-refractivity contribution is 6.00. The van der Waals surface area contributed by atoms with Crippen LogP contribution < -0.4 is 4.90 Å². The summed E-state index contributed by atoms with van der Waals surface area (Å²) in [4.78, 5) is 27.4. The summed E-state index contributed by atoms with van der Waals surface area (Å²) in [6.07, 6.45) is 2.65. The molecule has 2 aromatic carbocycles. The number of amides is 1. The molecule has 0 N–H and O–H groups in total. The molecule has 0 saturated carbocycles. The Morgan fingerprint density at radius 3 is 2.48 bits per heavy atom. The van der Waals surface area contributed by atoms with E-state index in [9.17, 15) is 13.6 Å². The number of benzene rings is 2. The Morgan fingerprint density at radius 2 is 1.79 bits per heavy atom. The maximum absolute atomic E-state index is 14.4. The van der Waals surface area contributed by atoms with Crippen LogP contribution in [0.1, 0.15) is 20.8 Å². The van der Waals surface area contributed by atoms with Gasteiger partial charge in [-0.1, -0.05) is 6.07 Å². The third kappa shape index (κ3) is 4.79. The minimum absolute atomic E-state index is 0.112. The zero-order valence-electron chi connectivity index (χ0n) is 18.6. The van der Waals surface area contributed by atoms with Crippen LogP contribution in [0.25, 0.3) is 33.4 Å². The van der Waals surface area contributed by atoms with Gasteiger partial charge in [0.25, 0.3) is 0 Å². The van der Waals surface area contributed by atoms with E-state index in [4.69, 9.17) is 4.74 Å². The molecule has 33 heavy (non-hydrogen) atoms. The molecule has 0 aliphatic rings. The van der Waals surface area contributed by atoms with Gasteiger partial charge in [-0.05, 0) is 68.8 Å². The van der Waals surface area contributed by atoms with Crippen molar-refractivity contribution < 1.29 is 18.3 Å². The molecule has 0 bridgehead atoms. The minimum atomic E-state index is -0.692. The first-order valence-corrected chi connectivity index (χ1v) is 10.3. The number of carbonyl (C=O) groups excluding carboxylic acids is 1. The van der Waals surface area contributed by atoms with E-state index >= 15 is 0 Å². The molecule has 0 saturated heterocycles. The van der Waals surface area contributed by atoms with Crippen LogP contribution in [0.5, 0.6) is 0 Å². The molecule has 1 amide bonds. The summed E-state index contributed by atoms with van der Waals surface area (Å²) >= 11 is 0. The molecule has 0 fully saturated rings. The summed E-state index contributed by atoms with van der Waals surface area (Å²) in [5, 5.41) is 0.552. The summed E-state index contributed by atoms with van der Waals surface area (Å²) in [7, 11) is 1.56. The highest BCUT2D eigenvalue weighted by atomic mass is 19.1. The number of pyridine rings is 1. The highest BCUT2D eigenvalue weighted by Gasteiger charge is 2.24. The lowest BCUT2D eigenvalue weighted by molar-refractivity contribution is 0.0588. The molecular formula is C25H22F2N4O2. The van der Waals surface area contributed by atoms with Crippen molar-refractivity contribution in [3.05, 3.63) is 72.6 Å². The molecule has 8 heteroatoms. The normalized spacial score (nSPS) is 11.5. The third-order valence-electron chi connectivity index (χ3n) is 4.82. The van der Waals surface area contributed by atoms with Gasteiger partial charge >= 0.3 is 6.09 Å². The largest absolute Gasteiger partial charge is 0.443 e. The molecule has 6 nitrogen and oxygen atoms in total. The fraction of sp³-hybridized carbons (Fsp3) is 0.200. The van der Waals surface area contributed by atoms with Crippen molar-refractivity contribution >= 4 is 22.8 Å². The lowest BCUT2D eigenvalue weighted by Crippen LogP contribution is -2.34. The molecule has 0 aliphatic carbocycles. The van der Waals surface area contributed by atoms with Crippen LogP contribution in [0, 0.1) is 11.6 Å². The van der Waals surface area contributed by atoms with Crippen molar-refractivity contribution in [1.29, 1.82) is 0 Å². The maximum Gasteiger partial charge on any atom is 0.415 e. The average molecular weight is 448 g/mol. The van der Waals surface area contributed by atoms with Crippen LogP contribution in [0.2, 0.25) is 0 Å². The van der Waals surface area contributed by atoms with E-state index in [1.807, 2.05) is 0 Å². The number of hydrogen-bond acceptors (Lipinski definition) is 5. The number of fused-ring (bicyclic) bond motifs is 1. The number of ether oxygens (including phenoxy) is 1. The molecule has 0 unspecified atom stereocenters. The molecule has 0 radical (unpaired) electrons. The van der Waals surface area contributed by atoms with Crippen LogP contribution in [-0.2, 0) is 4.74 Å². The first kappa shape index (κ1) is 22.3. The lowest BCUT2D eigenvalue weighted by Gasteiger charge is -2.25. The standard InChI is InChI=1S/C25H22F2N4O2/c1-25(2,3)33-24(32)31(4)23-18-9-7-15(19-13-17(26)8-10-20(19)27)12-21(18)29-22(30-23)16-6-5-11-28-14-16/h5-14H,1-4H3. The summed E-state index contributed by atoms with van der Waals surface area (Å²) < 4.78 is 33.7. The van der Waals surface area contributed by atoms with Crippen LogP contribution in [0.15, 0.2) is 60.9 Å².